The van der Waals surface area contributed by atoms with Gasteiger partial charge in [0.05, 0.1) is 0 Å². The largest absolute Gasteiger partial charge is 0.464 e. The fraction of sp³-hybridized carbons (Fsp3) is 0.750. The number of rotatable bonds is 0. The summed E-state index contributed by atoms with van der Waals surface area (Å²) in [6.45, 7) is 9.51. The number of ether oxygens (including phenoxy) is 2. The molecule has 3 heteroatoms. The second kappa shape index (κ2) is 2.85. The SMILES string of the molecule is CC1=C2OC(C)(C)OC2CC(C)(C)C1=O. The Labute approximate surface area is 90.4 Å². The van der Waals surface area contributed by atoms with Crippen molar-refractivity contribution in [2.75, 3.05) is 0 Å². The standard InChI is InChI=1S/C12H18O3/c1-7-9-8(14-12(4,5)15-9)6-11(2,3)10(7)13/h8H,6H2,1-5H3. The van der Waals surface area contributed by atoms with Crippen LogP contribution in [0.2, 0.25) is 0 Å². The van der Waals surface area contributed by atoms with E-state index in [0.717, 1.165) is 11.3 Å². The Morgan fingerprint density at radius 3 is 2.47 bits per heavy atom. The number of carbonyl (C=O) groups excluding carboxylic acids is 1. The first-order chi connectivity index (χ1) is 6.73. The van der Waals surface area contributed by atoms with E-state index in [2.05, 4.69) is 0 Å². The van der Waals surface area contributed by atoms with Gasteiger partial charge in [-0.05, 0) is 13.3 Å². The van der Waals surface area contributed by atoms with Crippen LogP contribution in [-0.4, -0.2) is 17.7 Å². The first-order valence-corrected chi connectivity index (χ1v) is 5.35. The normalized spacial score (nSPS) is 32.6. The van der Waals surface area contributed by atoms with E-state index in [9.17, 15) is 4.79 Å². The molecule has 0 aromatic heterocycles. The molecule has 1 heterocycles. The van der Waals surface area contributed by atoms with E-state index in [1.807, 2.05) is 34.6 Å². The molecule has 0 aromatic carbocycles. The Hall–Kier alpha value is -0.830. The molecule has 0 N–H and O–H groups in total. The van der Waals surface area contributed by atoms with Crippen molar-refractivity contribution in [1.82, 2.24) is 0 Å². The van der Waals surface area contributed by atoms with Crippen molar-refractivity contribution in [3.8, 4) is 0 Å². The molecular formula is C12H18O3. The summed E-state index contributed by atoms with van der Waals surface area (Å²) in [6.07, 6.45) is 0.662. The number of Topliss-reactive ketones (excluding diaryl/α,β-unsaturated/α-hetero) is 1. The fourth-order valence-corrected chi connectivity index (χ4v) is 2.38. The average molecular weight is 210 g/mol. The zero-order valence-electron chi connectivity index (χ0n) is 10.0. The molecule has 84 valence electrons. The summed E-state index contributed by atoms with van der Waals surface area (Å²) >= 11 is 0. The van der Waals surface area contributed by atoms with Crippen molar-refractivity contribution in [3.63, 3.8) is 0 Å². The molecule has 1 aliphatic heterocycles. The molecule has 0 radical (unpaired) electrons. The van der Waals surface area contributed by atoms with Crippen LogP contribution in [0.1, 0.15) is 41.0 Å². The summed E-state index contributed by atoms with van der Waals surface area (Å²) < 4.78 is 11.4. The van der Waals surface area contributed by atoms with E-state index < -0.39 is 5.79 Å². The van der Waals surface area contributed by atoms with E-state index in [1.54, 1.807) is 0 Å². The lowest BCUT2D eigenvalue weighted by Crippen LogP contribution is -2.36. The van der Waals surface area contributed by atoms with Crippen molar-refractivity contribution in [2.45, 2.75) is 52.9 Å². The van der Waals surface area contributed by atoms with Gasteiger partial charge < -0.3 is 9.47 Å². The number of hydrogen-bond donors (Lipinski definition) is 0. The Bertz CT molecular complexity index is 350. The molecule has 1 fully saturated rings. The highest BCUT2D eigenvalue weighted by Gasteiger charge is 2.48. The van der Waals surface area contributed by atoms with E-state index in [1.165, 1.54) is 0 Å². The maximum Gasteiger partial charge on any atom is 0.205 e. The van der Waals surface area contributed by atoms with Gasteiger partial charge in [-0.3, -0.25) is 4.79 Å². The highest BCUT2D eigenvalue weighted by Crippen LogP contribution is 2.44. The van der Waals surface area contributed by atoms with Crippen LogP contribution in [0.5, 0.6) is 0 Å². The first kappa shape index (κ1) is 10.7. The molecule has 3 nitrogen and oxygen atoms in total. The number of ketones is 1. The minimum Gasteiger partial charge on any atom is -0.464 e. The topological polar surface area (TPSA) is 35.5 Å². The Kier molecular flexibility index (Phi) is 2.03. The number of hydrogen-bond acceptors (Lipinski definition) is 3. The summed E-state index contributed by atoms with van der Waals surface area (Å²) in [6, 6.07) is 0. The van der Waals surface area contributed by atoms with Crippen LogP contribution in [0, 0.1) is 5.41 Å². The molecule has 0 aromatic rings. The summed E-state index contributed by atoms with van der Waals surface area (Å²) in [5.74, 6) is 0.321. The van der Waals surface area contributed by atoms with Crippen LogP contribution in [0.25, 0.3) is 0 Å². The van der Waals surface area contributed by atoms with Gasteiger partial charge in [0.15, 0.2) is 5.78 Å². The van der Waals surface area contributed by atoms with E-state index in [0.29, 0.717) is 6.42 Å². The smallest absolute Gasteiger partial charge is 0.205 e. The van der Waals surface area contributed by atoms with Gasteiger partial charge in [0.2, 0.25) is 5.79 Å². The highest BCUT2D eigenvalue weighted by molar-refractivity contribution is 6.00. The molecule has 0 amide bonds. The average Bonchev–Trinajstić information content (AvgIpc) is 2.36. The Balaban J connectivity index is 2.42. The summed E-state index contributed by atoms with van der Waals surface area (Å²) in [4.78, 5) is 12.0. The van der Waals surface area contributed by atoms with Crippen molar-refractivity contribution in [1.29, 1.82) is 0 Å². The quantitative estimate of drug-likeness (QED) is 0.616. The second-order valence-corrected chi connectivity index (χ2v) is 5.51. The molecular weight excluding hydrogens is 192 g/mol. The molecule has 0 spiro atoms. The molecule has 2 rings (SSSR count). The van der Waals surface area contributed by atoms with Crippen LogP contribution >= 0.6 is 0 Å². The van der Waals surface area contributed by atoms with E-state index in [-0.39, 0.29) is 17.3 Å². The van der Waals surface area contributed by atoms with E-state index >= 15 is 0 Å². The third-order valence-electron chi connectivity index (χ3n) is 3.09. The van der Waals surface area contributed by atoms with Crippen molar-refractivity contribution in [2.24, 2.45) is 5.41 Å². The lowest BCUT2D eigenvalue weighted by atomic mass is 9.74. The first-order valence-electron chi connectivity index (χ1n) is 5.35. The predicted molar refractivity (Wildman–Crippen MR) is 56.1 cm³/mol. The van der Waals surface area contributed by atoms with E-state index in [4.69, 9.17) is 9.47 Å². The lowest BCUT2D eigenvalue weighted by Gasteiger charge is -2.30. The van der Waals surface area contributed by atoms with Crippen molar-refractivity contribution < 1.29 is 14.3 Å². The van der Waals surface area contributed by atoms with Gasteiger partial charge in [0.25, 0.3) is 0 Å². The Morgan fingerprint density at radius 2 is 1.87 bits per heavy atom. The highest BCUT2D eigenvalue weighted by atomic mass is 16.7. The maximum atomic E-state index is 12.0. The van der Waals surface area contributed by atoms with Gasteiger partial charge in [0, 0.05) is 24.8 Å². The molecule has 0 bridgehead atoms. The van der Waals surface area contributed by atoms with Crippen LogP contribution in [0.15, 0.2) is 11.3 Å². The minimum atomic E-state index is -0.595. The molecule has 2 aliphatic rings. The third kappa shape index (κ3) is 1.59. The van der Waals surface area contributed by atoms with Gasteiger partial charge in [-0.1, -0.05) is 13.8 Å². The summed E-state index contributed by atoms with van der Waals surface area (Å²) in [5.41, 5.74) is 0.393. The molecule has 15 heavy (non-hydrogen) atoms. The maximum absolute atomic E-state index is 12.0. The van der Waals surface area contributed by atoms with Gasteiger partial charge in [-0.2, -0.15) is 0 Å². The van der Waals surface area contributed by atoms with Crippen LogP contribution < -0.4 is 0 Å². The van der Waals surface area contributed by atoms with Crippen LogP contribution in [0.4, 0.5) is 0 Å². The van der Waals surface area contributed by atoms with Crippen LogP contribution in [-0.2, 0) is 14.3 Å². The van der Waals surface area contributed by atoms with Gasteiger partial charge in [0.1, 0.15) is 11.9 Å². The lowest BCUT2D eigenvalue weighted by molar-refractivity contribution is -0.139. The number of carbonyl (C=O) groups is 1. The van der Waals surface area contributed by atoms with Gasteiger partial charge >= 0.3 is 0 Å². The minimum absolute atomic E-state index is 0.0484. The van der Waals surface area contributed by atoms with Gasteiger partial charge in [-0.25, -0.2) is 0 Å². The van der Waals surface area contributed by atoms with Crippen LogP contribution in [0.3, 0.4) is 0 Å². The zero-order valence-corrected chi connectivity index (χ0v) is 10.0. The summed E-state index contributed by atoms with van der Waals surface area (Å²) in [7, 11) is 0. The third-order valence-corrected chi connectivity index (χ3v) is 3.09. The zero-order chi connectivity index (χ0) is 11.4. The predicted octanol–water partition coefficient (Wildman–Crippen LogP) is 2.41. The number of allylic oxidation sites excluding steroid dienone is 1. The number of fused-ring (bicyclic) bond motifs is 1. The molecule has 0 saturated carbocycles. The molecule has 1 atom stereocenters. The molecule has 1 unspecified atom stereocenters. The summed E-state index contributed by atoms with van der Waals surface area (Å²) in [5, 5.41) is 0. The van der Waals surface area contributed by atoms with Crippen molar-refractivity contribution >= 4 is 5.78 Å². The second-order valence-electron chi connectivity index (χ2n) is 5.51. The van der Waals surface area contributed by atoms with Gasteiger partial charge in [-0.15, -0.1) is 0 Å². The molecule has 1 aliphatic carbocycles. The monoisotopic (exact) mass is 210 g/mol. The molecule has 1 saturated heterocycles. The Morgan fingerprint density at radius 1 is 1.27 bits per heavy atom. The fourth-order valence-electron chi connectivity index (χ4n) is 2.38. The van der Waals surface area contributed by atoms with Crippen molar-refractivity contribution in [3.05, 3.63) is 11.3 Å².